The third-order valence-electron chi connectivity index (χ3n) is 2.88. The molecule has 0 saturated carbocycles. The van der Waals surface area contributed by atoms with Gasteiger partial charge in [-0.05, 0) is 30.8 Å². The number of carbonyl (C=O) groups excluding carboxylic acids is 1. The van der Waals surface area contributed by atoms with Crippen molar-refractivity contribution in [2.75, 3.05) is 14.1 Å². The van der Waals surface area contributed by atoms with Crippen molar-refractivity contribution < 1.29 is 4.79 Å². The van der Waals surface area contributed by atoms with E-state index in [0.29, 0.717) is 0 Å². The second-order valence-corrected chi connectivity index (χ2v) is 4.60. The Labute approximate surface area is 108 Å². The Bertz CT molecular complexity index is 546. The summed E-state index contributed by atoms with van der Waals surface area (Å²) in [5.74, 6) is 0. The molecule has 0 saturated heterocycles. The second kappa shape index (κ2) is 5.61. The summed E-state index contributed by atoms with van der Waals surface area (Å²) in [6.45, 7) is 0.864. The molecule has 0 unspecified atom stereocenters. The number of carbonyl (C=O) groups is 1. The predicted octanol–water partition coefficient (Wildman–Crippen LogP) is 3.23. The molecule has 0 radical (unpaired) electrons. The fraction of sp³-hybridized carbons (Fsp3) is 0.188. The van der Waals surface area contributed by atoms with Gasteiger partial charge in [0.2, 0.25) is 0 Å². The van der Waals surface area contributed by atoms with Crippen molar-refractivity contribution in [2.24, 2.45) is 0 Å². The largest absolute Gasteiger partial charge is 0.305 e. The highest BCUT2D eigenvalue weighted by molar-refractivity contribution is 5.88. The molecule has 0 atom stereocenters. The van der Waals surface area contributed by atoms with Crippen LogP contribution < -0.4 is 0 Å². The van der Waals surface area contributed by atoms with Gasteiger partial charge in [-0.1, -0.05) is 48.5 Å². The first-order valence-electron chi connectivity index (χ1n) is 5.99. The number of aldehydes is 1. The fourth-order valence-electron chi connectivity index (χ4n) is 2.11. The molecule has 0 aromatic heterocycles. The smallest absolute Gasteiger partial charge is 0.150 e. The monoisotopic (exact) mass is 239 g/mol. The van der Waals surface area contributed by atoms with E-state index in [1.165, 1.54) is 5.56 Å². The third-order valence-corrected chi connectivity index (χ3v) is 2.88. The molecule has 0 aliphatic rings. The van der Waals surface area contributed by atoms with Crippen molar-refractivity contribution in [1.29, 1.82) is 0 Å². The molecule has 0 aliphatic carbocycles. The van der Waals surface area contributed by atoms with Gasteiger partial charge in [0.15, 0.2) is 6.29 Å². The van der Waals surface area contributed by atoms with Gasteiger partial charge < -0.3 is 4.90 Å². The maximum absolute atomic E-state index is 11.1. The zero-order valence-corrected chi connectivity index (χ0v) is 10.8. The van der Waals surface area contributed by atoms with Crippen LogP contribution in [0, 0.1) is 0 Å². The molecule has 0 heterocycles. The third kappa shape index (κ3) is 2.66. The molecule has 0 spiro atoms. The second-order valence-electron chi connectivity index (χ2n) is 4.60. The molecule has 0 aliphatic heterocycles. The molecule has 2 nitrogen and oxygen atoms in total. The van der Waals surface area contributed by atoms with Gasteiger partial charge in [-0.3, -0.25) is 4.79 Å². The molecule has 0 amide bonds. The van der Waals surface area contributed by atoms with E-state index in [1.54, 1.807) is 0 Å². The fourth-order valence-corrected chi connectivity index (χ4v) is 2.11. The summed E-state index contributed by atoms with van der Waals surface area (Å²) in [6, 6.07) is 15.9. The highest BCUT2D eigenvalue weighted by Gasteiger charge is 2.08. The van der Waals surface area contributed by atoms with Crippen LogP contribution in [0.25, 0.3) is 11.1 Å². The molecule has 18 heavy (non-hydrogen) atoms. The van der Waals surface area contributed by atoms with Crippen LogP contribution in [-0.2, 0) is 6.54 Å². The quantitative estimate of drug-likeness (QED) is 0.763. The molecule has 2 aromatic carbocycles. The van der Waals surface area contributed by atoms with Crippen LogP contribution in [-0.4, -0.2) is 25.3 Å². The van der Waals surface area contributed by atoms with Crippen molar-refractivity contribution in [3.05, 3.63) is 59.7 Å². The zero-order chi connectivity index (χ0) is 13.0. The maximum Gasteiger partial charge on any atom is 0.150 e. The molecule has 0 bridgehead atoms. The van der Waals surface area contributed by atoms with E-state index in [1.807, 2.05) is 50.5 Å². The van der Waals surface area contributed by atoms with E-state index in [2.05, 4.69) is 17.0 Å². The van der Waals surface area contributed by atoms with Crippen LogP contribution in [0.3, 0.4) is 0 Å². The summed E-state index contributed by atoms with van der Waals surface area (Å²) in [6.07, 6.45) is 0.918. The van der Waals surface area contributed by atoms with Crippen molar-refractivity contribution in [2.45, 2.75) is 6.54 Å². The number of nitrogens with zero attached hydrogens (tertiary/aromatic N) is 1. The highest BCUT2D eigenvalue weighted by atomic mass is 16.1. The topological polar surface area (TPSA) is 20.3 Å². The summed E-state index contributed by atoms with van der Waals surface area (Å²) in [7, 11) is 4.09. The Morgan fingerprint density at radius 2 is 1.56 bits per heavy atom. The number of benzene rings is 2. The molecule has 92 valence electrons. The van der Waals surface area contributed by atoms with Gasteiger partial charge in [-0.25, -0.2) is 0 Å². The zero-order valence-electron chi connectivity index (χ0n) is 10.8. The lowest BCUT2D eigenvalue weighted by Crippen LogP contribution is -2.11. The Hall–Kier alpha value is -1.93. The maximum atomic E-state index is 11.1. The number of hydrogen-bond acceptors (Lipinski definition) is 2. The lowest BCUT2D eigenvalue weighted by Gasteiger charge is -2.15. The SMILES string of the molecule is CN(C)Cc1ccccc1-c1ccccc1C=O. The molecular formula is C16H17NO. The number of hydrogen-bond donors (Lipinski definition) is 0. The van der Waals surface area contributed by atoms with E-state index in [9.17, 15) is 4.79 Å². The van der Waals surface area contributed by atoms with Crippen molar-refractivity contribution >= 4 is 6.29 Å². The minimum atomic E-state index is 0.740. The van der Waals surface area contributed by atoms with E-state index in [-0.39, 0.29) is 0 Å². The lowest BCUT2D eigenvalue weighted by atomic mass is 9.96. The van der Waals surface area contributed by atoms with Gasteiger partial charge in [0.05, 0.1) is 0 Å². The molecule has 2 rings (SSSR count). The van der Waals surface area contributed by atoms with Crippen molar-refractivity contribution in [1.82, 2.24) is 4.90 Å². The standard InChI is InChI=1S/C16H17NO/c1-17(2)11-13-7-3-5-9-15(13)16-10-6-4-8-14(16)12-18/h3-10,12H,11H2,1-2H3. The predicted molar refractivity (Wildman–Crippen MR) is 74.7 cm³/mol. The summed E-state index contributed by atoms with van der Waals surface area (Å²) in [4.78, 5) is 13.3. The average Bonchev–Trinajstić information content (AvgIpc) is 2.39. The summed E-state index contributed by atoms with van der Waals surface area (Å²) in [5.41, 5.74) is 4.11. The van der Waals surface area contributed by atoms with E-state index >= 15 is 0 Å². The molecule has 2 heteroatoms. The van der Waals surface area contributed by atoms with Gasteiger partial charge in [0, 0.05) is 12.1 Å². The van der Waals surface area contributed by atoms with Gasteiger partial charge in [0.25, 0.3) is 0 Å². The van der Waals surface area contributed by atoms with Crippen molar-refractivity contribution in [3.63, 3.8) is 0 Å². The van der Waals surface area contributed by atoms with Gasteiger partial charge in [-0.2, -0.15) is 0 Å². The Kier molecular flexibility index (Phi) is 3.90. The minimum Gasteiger partial charge on any atom is -0.305 e. The van der Waals surface area contributed by atoms with E-state index < -0.39 is 0 Å². The highest BCUT2D eigenvalue weighted by Crippen LogP contribution is 2.26. The Morgan fingerprint density at radius 1 is 0.944 bits per heavy atom. The van der Waals surface area contributed by atoms with Crippen molar-refractivity contribution in [3.8, 4) is 11.1 Å². The molecule has 0 N–H and O–H groups in total. The Morgan fingerprint density at radius 3 is 2.22 bits per heavy atom. The summed E-state index contributed by atoms with van der Waals surface area (Å²) >= 11 is 0. The first kappa shape index (κ1) is 12.5. The van der Waals surface area contributed by atoms with E-state index in [4.69, 9.17) is 0 Å². The first-order chi connectivity index (χ1) is 8.72. The van der Waals surface area contributed by atoms with Crippen LogP contribution in [0.5, 0.6) is 0 Å². The normalized spacial score (nSPS) is 10.6. The first-order valence-corrected chi connectivity index (χ1v) is 5.99. The molecular weight excluding hydrogens is 222 g/mol. The van der Waals surface area contributed by atoms with Gasteiger partial charge in [-0.15, -0.1) is 0 Å². The number of rotatable bonds is 4. The molecule has 2 aromatic rings. The summed E-state index contributed by atoms with van der Waals surface area (Å²) < 4.78 is 0. The Balaban J connectivity index is 2.53. The van der Waals surface area contributed by atoms with Crippen LogP contribution in [0.4, 0.5) is 0 Å². The van der Waals surface area contributed by atoms with Crippen LogP contribution in [0.1, 0.15) is 15.9 Å². The van der Waals surface area contributed by atoms with Gasteiger partial charge in [0.1, 0.15) is 0 Å². The van der Waals surface area contributed by atoms with Crippen LogP contribution >= 0.6 is 0 Å². The van der Waals surface area contributed by atoms with Crippen LogP contribution in [0.15, 0.2) is 48.5 Å². The lowest BCUT2D eigenvalue weighted by molar-refractivity contribution is 0.112. The minimum absolute atomic E-state index is 0.740. The average molecular weight is 239 g/mol. The molecule has 0 fully saturated rings. The van der Waals surface area contributed by atoms with Crippen LogP contribution in [0.2, 0.25) is 0 Å². The summed E-state index contributed by atoms with van der Waals surface area (Å²) in [5, 5.41) is 0. The van der Waals surface area contributed by atoms with Gasteiger partial charge >= 0.3 is 0 Å². The van der Waals surface area contributed by atoms with E-state index in [0.717, 1.165) is 29.5 Å².